The summed E-state index contributed by atoms with van der Waals surface area (Å²) >= 11 is 12.2. The Morgan fingerprint density at radius 2 is 1.78 bits per heavy atom. The van der Waals surface area contributed by atoms with Crippen molar-refractivity contribution in [2.24, 2.45) is 0 Å². The summed E-state index contributed by atoms with van der Waals surface area (Å²) < 4.78 is 5.77. The molecule has 0 aliphatic heterocycles. The summed E-state index contributed by atoms with van der Waals surface area (Å²) in [6.45, 7) is 8.62. The lowest BCUT2D eigenvalue weighted by Gasteiger charge is -2.30. The van der Waals surface area contributed by atoms with Gasteiger partial charge in [-0.2, -0.15) is 0 Å². The van der Waals surface area contributed by atoms with E-state index in [9.17, 15) is 9.59 Å². The van der Waals surface area contributed by atoms with Gasteiger partial charge in [0.2, 0.25) is 5.91 Å². The Hall–Kier alpha value is -2.24. The van der Waals surface area contributed by atoms with E-state index in [-0.39, 0.29) is 25.0 Å². The van der Waals surface area contributed by atoms with Gasteiger partial charge in [-0.05, 0) is 67.6 Å². The van der Waals surface area contributed by atoms with Crippen LogP contribution in [0.1, 0.15) is 49.8 Å². The first-order chi connectivity index (χ1) is 15.3. The molecule has 5 nitrogen and oxygen atoms in total. The molecule has 0 aliphatic rings. The molecule has 2 rings (SSSR count). The van der Waals surface area contributed by atoms with Crippen LogP contribution < -0.4 is 10.1 Å². The van der Waals surface area contributed by atoms with Crippen LogP contribution in [0, 0.1) is 13.8 Å². The largest absolute Gasteiger partial charge is 0.484 e. The molecule has 0 aliphatic carbocycles. The molecule has 0 saturated heterocycles. The van der Waals surface area contributed by atoms with Gasteiger partial charge in [0.25, 0.3) is 5.91 Å². The van der Waals surface area contributed by atoms with E-state index in [1.807, 2.05) is 39.0 Å². The summed E-state index contributed by atoms with van der Waals surface area (Å²) in [5.41, 5.74) is 3.03. The van der Waals surface area contributed by atoms with Crippen molar-refractivity contribution in [3.8, 4) is 5.75 Å². The highest BCUT2D eigenvalue weighted by Gasteiger charge is 2.29. The van der Waals surface area contributed by atoms with Crippen LogP contribution in [0.15, 0.2) is 36.4 Å². The number of hydrogen-bond acceptors (Lipinski definition) is 3. The van der Waals surface area contributed by atoms with Crippen molar-refractivity contribution in [1.82, 2.24) is 10.2 Å². The lowest BCUT2D eigenvalue weighted by atomic mass is 10.1. The molecule has 2 aromatic rings. The lowest BCUT2D eigenvalue weighted by molar-refractivity contribution is -0.143. The number of hydrogen-bond donors (Lipinski definition) is 1. The van der Waals surface area contributed by atoms with Crippen molar-refractivity contribution in [3.05, 3.63) is 63.1 Å². The third-order valence-corrected chi connectivity index (χ3v) is 6.13. The monoisotopic (exact) mass is 478 g/mol. The average molecular weight is 479 g/mol. The number of halogens is 2. The van der Waals surface area contributed by atoms with Gasteiger partial charge in [-0.15, -0.1) is 0 Å². The maximum absolute atomic E-state index is 13.2. The van der Waals surface area contributed by atoms with Gasteiger partial charge in [0.1, 0.15) is 11.8 Å². The van der Waals surface area contributed by atoms with E-state index in [1.54, 1.807) is 23.1 Å². The highest BCUT2D eigenvalue weighted by atomic mass is 35.5. The summed E-state index contributed by atoms with van der Waals surface area (Å²) in [6.07, 6.45) is 2.35. The summed E-state index contributed by atoms with van der Waals surface area (Å²) in [5, 5.41) is 3.79. The van der Waals surface area contributed by atoms with E-state index in [0.29, 0.717) is 28.8 Å². The molecule has 32 heavy (non-hydrogen) atoms. The molecule has 1 N–H and O–H groups in total. The minimum atomic E-state index is -0.614. The van der Waals surface area contributed by atoms with Gasteiger partial charge in [0, 0.05) is 13.1 Å². The number of nitrogens with one attached hydrogen (secondary N) is 1. The van der Waals surface area contributed by atoms with Crippen LogP contribution in [0.4, 0.5) is 0 Å². The number of carbonyl (C=O) groups excluding carboxylic acids is 2. The van der Waals surface area contributed by atoms with Crippen molar-refractivity contribution in [1.29, 1.82) is 0 Å². The molecule has 2 amide bonds. The van der Waals surface area contributed by atoms with Crippen LogP contribution in [-0.4, -0.2) is 35.9 Å². The Morgan fingerprint density at radius 1 is 1.03 bits per heavy atom. The van der Waals surface area contributed by atoms with Gasteiger partial charge in [0.15, 0.2) is 6.61 Å². The molecule has 0 unspecified atom stereocenters. The number of benzene rings is 2. The second-order valence-corrected chi connectivity index (χ2v) is 8.69. The fourth-order valence-corrected chi connectivity index (χ4v) is 3.61. The minimum absolute atomic E-state index is 0.164. The molecule has 1 atom stereocenters. The number of carbonyl (C=O) groups is 2. The van der Waals surface area contributed by atoms with Crippen molar-refractivity contribution < 1.29 is 14.3 Å². The first kappa shape index (κ1) is 26.0. The summed E-state index contributed by atoms with van der Waals surface area (Å²) in [6, 6.07) is 10.3. The van der Waals surface area contributed by atoms with Gasteiger partial charge in [-0.1, -0.05) is 55.6 Å². The Morgan fingerprint density at radius 3 is 2.41 bits per heavy atom. The second-order valence-electron chi connectivity index (χ2n) is 7.87. The summed E-state index contributed by atoms with van der Waals surface area (Å²) in [4.78, 5) is 27.6. The molecule has 174 valence electrons. The van der Waals surface area contributed by atoms with Gasteiger partial charge in [-0.25, -0.2) is 0 Å². The van der Waals surface area contributed by atoms with E-state index in [4.69, 9.17) is 27.9 Å². The predicted molar refractivity (Wildman–Crippen MR) is 130 cm³/mol. The zero-order valence-corrected chi connectivity index (χ0v) is 20.7. The Labute approximate surface area is 201 Å². The Kier molecular flexibility index (Phi) is 10.3. The molecule has 2 aromatic carbocycles. The fraction of sp³-hybridized carbons (Fsp3) is 0.440. The molecule has 0 fully saturated rings. The van der Waals surface area contributed by atoms with Gasteiger partial charge in [0.05, 0.1) is 10.0 Å². The molecule has 0 spiro atoms. The van der Waals surface area contributed by atoms with Gasteiger partial charge in [-0.3, -0.25) is 9.59 Å². The fourth-order valence-electron chi connectivity index (χ4n) is 3.29. The van der Waals surface area contributed by atoms with Crippen LogP contribution in [0.2, 0.25) is 10.0 Å². The van der Waals surface area contributed by atoms with E-state index in [0.717, 1.165) is 29.5 Å². The maximum Gasteiger partial charge on any atom is 0.261 e. The number of aryl methyl sites for hydroxylation is 2. The van der Waals surface area contributed by atoms with Crippen molar-refractivity contribution in [2.45, 2.75) is 59.5 Å². The topological polar surface area (TPSA) is 58.6 Å². The number of nitrogens with zero attached hydrogens (tertiary/aromatic N) is 1. The normalized spacial score (nSPS) is 11.7. The van der Waals surface area contributed by atoms with Crippen LogP contribution >= 0.6 is 23.2 Å². The third kappa shape index (κ3) is 7.42. The molecule has 0 bridgehead atoms. The van der Waals surface area contributed by atoms with Crippen LogP contribution in [0.25, 0.3) is 0 Å². The molecule has 7 heteroatoms. The van der Waals surface area contributed by atoms with Gasteiger partial charge >= 0.3 is 0 Å². The summed E-state index contributed by atoms with van der Waals surface area (Å²) in [5.74, 6) is 0.184. The third-order valence-electron chi connectivity index (χ3n) is 5.39. The lowest BCUT2D eigenvalue weighted by Crippen LogP contribution is -2.50. The number of amides is 2. The smallest absolute Gasteiger partial charge is 0.261 e. The molecule has 0 aromatic heterocycles. The molecular weight excluding hydrogens is 447 g/mol. The minimum Gasteiger partial charge on any atom is -0.484 e. The summed E-state index contributed by atoms with van der Waals surface area (Å²) in [7, 11) is 0. The number of ether oxygens (including phenoxy) is 1. The van der Waals surface area contributed by atoms with Crippen LogP contribution in [0.5, 0.6) is 5.75 Å². The zero-order valence-electron chi connectivity index (χ0n) is 19.2. The zero-order chi connectivity index (χ0) is 23.7. The number of unbranched alkanes of at least 4 members (excludes halogenated alkanes) is 1. The average Bonchev–Trinajstić information content (AvgIpc) is 2.76. The quantitative estimate of drug-likeness (QED) is 0.420. The van der Waals surface area contributed by atoms with Crippen LogP contribution in [0.3, 0.4) is 0 Å². The standard InChI is InChI=1S/C25H32Cl2N2O3/c1-5-7-12-28-25(31)23(6-2)29(15-19-9-11-21(26)22(27)14-19)24(30)16-32-20-10-8-17(3)18(4)13-20/h8-11,13-14,23H,5-7,12,15-16H2,1-4H3,(H,28,31)/t23-/m1/s1. The molecule has 0 saturated carbocycles. The number of rotatable bonds is 11. The van der Waals surface area contributed by atoms with Crippen molar-refractivity contribution in [3.63, 3.8) is 0 Å². The highest BCUT2D eigenvalue weighted by molar-refractivity contribution is 6.42. The maximum atomic E-state index is 13.2. The molecular formula is C25H32Cl2N2O3. The van der Waals surface area contributed by atoms with Crippen molar-refractivity contribution in [2.75, 3.05) is 13.2 Å². The SMILES string of the molecule is CCCCNC(=O)[C@@H](CC)N(Cc1ccc(Cl)c(Cl)c1)C(=O)COc1ccc(C)c(C)c1. The predicted octanol–water partition coefficient (Wildman–Crippen LogP) is 5.71. The van der Waals surface area contributed by atoms with Gasteiger partial charge < -0.3 is 15.0 Å². The Balaban J connectivity index is 2.21. The van der Waals surface area contributed by atoms with Crippen molar-refractivity contribution >= 4 is 35.0 Å². The second kappa shape index (κ2) is 12.7. The first-order valence-electron chi connectivity index (χ1n) is 11.0. The van der Waals surface area contributed by atoms with E-state index in [1.165, 1.54) is 0 Å². The Bertz CT molecular complexity index is 933. The highest BCUT2D eigenvalue weighted by Crippen LogP contribution is 2.24. The van der Waals surface area contributed by atoms with E-state index in [2.05, 4.69) is 12.2 Å². The van der Waals surface area contributed by atoms with E-state index >= 15 is 0 Å². The molecule has 0 radical (unpaired) electrons. The first-order valence-corrected chi connectivity index (χ1v) is 11.7. The van der Waals surface area contributed by atoms with Crippen LogP contribution in [-0.2, 0) is 16.1 Å². The molecule has 0 heterocycles. The van der Waals surface area contributed by atoms with E-state index < -0.39 is 6.04 Å².